The van der Waals surface area contributed by atoms with E-state index in [0.29, 0.717) is 6.54 Å². The summed E-state index contributed by atoms with van der Waals surface area (Å²) in [4.78, 5) is 25.1. The lowest BCUT2D eigenvalue weighted by Gasteiger charge is -2.24. The average Bonchev–Trinajstić information content (AvgIpc) is 3.31. The summed E-state index contributed by atoms with van der Waals surface area (Å²) in [7, 11) is 0. The zero-order valence-corrected chi connectivity index (χ0v) is 17.0. The molecule has 30 heavy (non-hydrogen) atoms. The number of carbonyl (C=O) groups is 1. The fourth-order valence-corrected chi connectivity index (χ4v) is 4.57. The van der Waals surface area contributed by atoms with E-state index < -0.39 is 0 Å². The monoisotopic (exact) mass is 398 g/mol. The summed E-state index contributed by atoms with van der Waals surface area (Å²) in [6, 6.07) is 20.2. The predicted octanol–water partition coefficient (Wildman–Crippen LogP) is 3.27. The number of aromatic nitrogens is 2. The molecule has 5 heteroatoms. The number of amides is 1. The highest BCUT2D eigenvalue weighted by Crippen LogP contribution is 2.32. The minimum atomic E-state index is -0.276. The number of fused-ring (bicyclic) bond motifs is 1. The third-order valence-electron chi connectivity index (χ3n) is 6.20. The van der Waals surface area contributed by atoms with Gasteiger partial charge in [0.05, 0.1) is 5.92 Å². The molecule has 0 saturated carbocycles. The Hall–Kier alpha value is -3.05. The van der Waals surface area contributed by atoms with Crippen LogP contribution in [0.2, 0.25) is 0 Å². The summed E-state index contributed by atoms with van der Waals surface area (Å²) < 4.78 is 0. The van der Waals surface area contributed by atoms with E-state index in [4.69, 9.17) is 4.98 Å². The third kappa shape index (κ3) is 3.73. The molecule has 1 amide bonds. The Morgan fingerprint density at radius 1 is 1.03 bits per heavy atom. The van der Waals surface area contributed by atoms with Gasteiger partial charge in [-0.15, -0.1) is 0 Å². The van der Waals surface area contributed by atoms with Crippen molar-refractivity contribution in [1.29, 1.82) is 0 Å². The van der Waals surface area contributed by atoms with Crippen LogP contribution in [0, 0.1) is 0 Å². The van der Waals surface area contributed by atoms with E-state index in [1.165, 1.54) is 5.56 Å². The molecule has 5 rings (SSSR count). The molecule has 3 heterocycles. The molecule has 1 saturated heterocycles. The molecule has 0 radical (unpaired) electrons. The quantitative estimate of drug-likeness (QED) is 0.733. The Morgan fingerprint density at radius 3 is 2.43 bits per heavy atom. The zero-order valence-electron chi connectivity index (χ0n) is 17.0. The molecule has 2 aromatic carbocycles. The molecule has 2 aliphatic rings. The van der Waals surface area contributed by atoms with E-state index in [0.717, 1.165) is 55.1 Å². The van der Waals surface area contributed by atoms with Crippen molar-refractivity contribution in [3.8, 4) is 0 Å². The van der Waals surface area contributed by atoms with Crippen molar-refractivity contribution in [2.75, 3.05) is 19.6 Å². The Labute approximate surface area is 177 Å². The van der Waals surface area contributed by atoms with Crippen LogP contribution >= 0.6 is 0 Å². The van der Waals surface area contributed by atoms with Crippen LogP contribution in [-0.4, -0.2) is 40.4 Å². The molecule has 1 aromatic heterocycles. The maximum absolute atomic E-state index is 13.6. The van der Waals surface area contributed by atoms with Gasteiger partial charge in [0.2, 0.25) is 5.91 Å². The van der Waals surface area contributed by atoms with Crippen LogP contribution < -0.4 is 5.32 Å². The molecule has 3 aromatic rings. The first-order valence-corrected chi connectivity index (χ1v) is 10.7. The highest BCUT2D eigenvalue weighted by molar-refractivity contribution is 5.87. The van der Waals surface area contributed by atoms with Crippen LogP contribution in [0.4, 0.5) is 0 Å². The number of carbonyl (C=O) groups excluding carboxylic acids is 1. The second kappa shape index (κ2) is 8.36. The van der Waals surface area contributed by atoms with E-state index in [9.17, 15) is 4.79 Å². The molecule has 1 N–H and O–H groups in total. The van der Waals surface area contributed by atoms with Gasteiger partial charge in [-0.1, -0.05) is 60.7 Å². The zero-order chi connectivity index (χ0) is 20.3. The first-order valence-electron chi connectivity index (χ1n) is 10.7. The Kier molecular flexibility index (Phi) is 5.28. The van der Waals surface area contributed by atoms with Gasteiger partial charge >= 0.3 is 0 Å². The summed E-state index contributed by atoms with van der Waals surface area (Å²) in [5, 5.41) is 3.36. The molecule has 1 atom stereocenters. The fraction of sp³-hybridized carbons (Fsp3) is 0.320. The van der Waals surface area contributed by atoms with Crippen molar-refractivity contribution in [2.24, 2.45) is 0 Å². The van der Waals surface area contributed by atoms with Gasteiger partial charge < -0.3 is 10.2 Å². The van der Waals surface area contributed by atoms with Crippen LogP contribution in [-0.2, 0) is 17.8 Å². The molecular formula is C25H26N4O. The molecule has 2 aliphatic heterocycles. The van der Waals surface area contributed by atoms with E-state index in [-0.39, 0.29) is 17.7 Å². The highest BCUT2D eigenvalue weighted by atomic mass is 16.2. The lowest BCUT2D eigenvalue weighted by Crippen LogP contribution is -2.34. The average molecular weight is 399 g/mol. The van der Waals surface area contributed by atoms with Gasteiger partial charge in [-0.25, -0.2) is 9.97 Å². The molecular weight excluding hydrogens is 372 g/mol. The van der Waals surface area contributed by atoms with Crippen molar-refractivity contribution in [3.63, 3.8) is 0 Å². The molecule has 5 nitrogen and oxygen atoms in total. The number of hydrogen-bond acceptors (Lipinski definition) is 4. The van der Waals surface area contributed by atoms with Gasteiger partial charge in [-0.2, -0.15) is 0 Å². The van der Waals surface area contributed by atoms with Gasteiger partial charge in [0.25, 0.3) is 0 Å². The molecule has 0 unspecified atom stereocenters. The summed E-state index contributed by atoms with van der Waals surface area (Å²) in [6.45, 7) is 3.25. The normalized spacial score (nSPS) is 18.4. The van der Waals surface area contributed by atoms with E-state index in [1.54, 1.807) is 0 Å². The number of hydrogen-bond donors (Lipinski definition) is 1. The second-order valence-electron chi connectivity index (χ2n) is 8.15. The maximum atomic E-state index is 13.6. The minimum absolute atomic E-state index is 0.164. The van der Waals surface area contributed by atoms with Crippen molar-refractivity contribution in [3.05, 3.63) is 95.1 Å². The van der Waals surface area contributed by atoms with Gasteiger partial charge in [0.1, 0.15) is 5.82 Å². The molecule has 152 valence electrons. The summed E-state index contributed by atoms with van der Waals surface area (Å²) in [5.74, 6) is 0.988. The highest BCUT2D eigenvalue weighted by Gasteiger charge is 2.34. The van der Waals surface area contributed by atoms with Crippen LogP contribution in [0.5, 0.6) is 0 Å². The third-order valence-corrected chi connectivity index (χ3v) is 6.20. The lowest BCUT2D eigenvalue weighted by atomic mass is 9.90. The van der Waals surface area contributed by atoms with Crippen LogP contribution in [0.25, 0.3) is 0 Å². The van der Waals surface area contributed by atoms with Crippen LogP contribution in [0.3, 0.4) is 0 Å². The van der Waals surface area contributed by atoms with Gasteiger partial charge in [-0.3, -0.25) is 4.79 Å². The minimum Gasteiger partial charge on any atom is -0.341 e. The number of likely N-dealkylation sites (tertiary alicyclic amines) is 1. The number of nitrogens with one attached hydrogen (secondary N) is 1. The predicted molar refractivity (Wildman–Crippen MR) is 116 cm³/mol. The van der Waals surface area contributed by atoms with Gasteiger partial charge in [-0.05, 0) is 17.5 Å². The fourth-order valence-electron chi connectivity index (χ4n) is 4.57. The van der Waals surface area contributed by atoms with Gasteiger partial charge in [0.15, 0.2) is 0 Å². The topological polar surface area (TPSA) is 58.1 Å². The van der Waals surface area contributed by atoms with E-state index >= 15 is 0 Å². The first kappa shape index (κ1) is 18.9. The standard InChI is InChI=1S/C25H26N4O/c30-25(23(18-7-3-1-4-8-18)19-9-5-2-6-10-19)29-14-12-20(17-29)24-27-16-21-15-26-13-11-22(21)28-24/h1-10,16,20,23,26H,11-15,17H2/t20-/m1/s1. The smallest absolute Gasteiger partial charge is 0.234 e. The maximum Gasteiger partial charge on any atom is 0.234 e. The van der Waals surface area contributed by atoms with Crippen molar-refractivity contribution in [1.82, 2.24) is 20.2 Å². The van der Waals surface area contributed by atoms with Crippen molar-refractivity contribution >= 4 is 5.91 Å². The SMILES string of the molecule is O=C(C(c1ccccc1)c1ccccc1)N1CC[C@@H](c2ncc3c(n2)CCNC3)C1. The summed E-state index contributed by atoms with van der Waals surface area (Å²) in [5.41, 5.74) is 4.43. The first-order chi connectivity index (χ1) is 14.8. The lowest BCUT2D eigenvalue weighted by molar-refractivity contribution is -0.130. The molecule has 0 aliphatic carbocycles. The van der Waals surface area contributed by atoms with Crippen molar-refractivity contribution in [2.45, 2.75) is 31.2 Å². The summed E-state index contributed by atoms with van der Waals surface area (Å²) >= 11 is 0. The molecule has 1 fully saturated rings. The Bertz CT molecular complexity index is 982. The summed E-state index contributed by atoms with van der Waals surface area (Å²) in [6.07, 6.45) is 3.83. The number of rotatable bonds is 4. The Balaban J connectivity index is 1.38. The van der Waals surface area contributed by atoms with Gasteiger partial charge in [0, 0.05) is 56.0 Å². The van der Waals surface area contributed by atoms with Crippen LogP contribution in [0.15, 0.2) is 66.9 Å². The molecule has 0 spiro atoms. The largest absolute Gasteiger partial charge is 0.341 e. The van der Waals surface area contributed by atoms with Crippen LogP contribution in [0.1, 0.15) is 46.5 Å². The molecule has 0 bridgehead atoms. The van der Waals surface area contributed by atoms with Crippen molar-refractivity contribution < 1.29 is 4.79 Å². The van der Waals surface area contributed by atoms with E-state index in [2.05, 4.69) is 10.3 Å². The Morgan fingerprint density at radius 2 is 1.73 bits per heavy atom. The number of benzene rings is 2. The second-order valence-corrected chi connectivity index (χ2v) is 8.15. The number of nitrogens with zero attached hydrogens (tertiary/aromatic N) is 3. The van der Waals surface area contributed by atoms with E-state index in [1.807, 2.05) is 71.8 Å².